The summed E-state index contributed by atoms with van der Waals surface area (Å²) in [4.78, 5) is 23.0. The Morgan fingerprint density at radius 3 is 2.10 bits per heavy atom. The second-order valence-corrected chi connectivity index (χ2v) is 7.26. The van der Waals surface area contributed by atoms with Crippen molar-refractivity contribution in [2.75, 3.05) is 6.61 Å². The minimum atomic E-state index is -0.412. The molecule has 0 aromatic heterocycles. The lowest BCUT2D eigenvalue weighted by atomic mass is 9.50. The maximum absolute atomic E-state index is 12.2. The number of ether oxygens (including phenoxy) is 2. The quantitative estimate of drug-likeness (QED) is 0.590. The Kier molecular flexibility index (Phi) is 3.58. The Bertz CT molecular complexity index is 451. The Balaban J connectivity index is 1.65. The lowest BCUT2D eigenvalue weighted by Crippen LogP contribution is -2.58. The van der Waals surface area contributed by atoms with E-state index in [1.165, 1.54) is 39.0 Å². The van der Waals surface area contributed by atoms with Crippen molar-refractivity contribution >= 4 is 11.9 Å². The highest BCUT2D eigenvalue weighted by Gasteiger charge is 2.57. The highest BCUT2D eigenvalue weighted by atomic mass is 16.6. The summed E-state index contributed by atoms with van der Waals surface area (Å²) in [6.07, 6.45) is 6.12. The molecule has 0 aromatic rings. The highest BCUT2D eigenvalue weighted by Crippen LogP contribution is 2.59. The van der Waals surface area contributed by atoms with E-state index in [0.29, 0.717) is 11.8 Å². The molecular formula is C17H24O4. The van der Waals surface area contributed by atoms with Crippen LogP contribution in [0.5, 0.6) is 0 Å². The molecule has 4 aliphatic rings. The molecule has 0 unspecified atom stereocenters. The normalized spacial score (nSPS) is 39.9. The Labute approximate surface area is 125 Å². The second kappa shape index (κ2) is 5.15. The van der Waals surface area contributed by atoms with E-state index in [-0.39, 0.29) is 17.8 Å². The van der Waals surface area contributed by atoms with E-state index in [2.05, 4.69) is 13.5 Å². The van der Waals surface area contributed by atoms with Crippen LogP contribution in [0.25, 0.3) is 0 Å². The van der Waals surface area contributed by atoms with Gasteiger partial charge >= 0.3 is 11.9 Å². The van der Waals surface area contributed by atoms with Crippen molar-refractivity contribution in [1.82, 2.24) is 0 Å². The van der Waals surface area contributed by atoms with Crippen LogP contribution in [-0.4, -0.2) is 24.1 Å². The summed E-state index contributed by atoms with van der Waals surface area (Å²) >= 11 is 0. The SMILES string of the molecule is C=C(COC(C)=O)C(=O)OC1(C)C2CC3CC(C2)CC1C3. The van der Waals surface area contributed by atoms with Gasteiger partial charge in [0.25, 0.3) is 0 Å². The largest absolute Gasteiger partial charge is 0.461 e. The van der Waals surface area contributed by atoms with E-state index in [0.717, 1.165) is 11.8 Å². The van der Waals surface area contributed by atoms with E-state index in [9.17, 15) is 9.59 Å². The molecule has 4 bridgehead atoms. The van der Waals surface area contributed by atoms with Gasteiger partial charge in [-0.3, -0.25) is 4.79 Å². The van der Waals surface area contributed by atoms with Crippen molar-refractivity contribution in [3.63, 3.8) is 0 Å². The molecular weight excluding hydrogens is 268 g/mol. The van der Waals surface area contributed by atoms with Crippen LogP contribution in [0, 0.1) is 23.7 Å². The lowest BCUT2D eigenvalue weighted by molar-refractivity contribution is -0.199. The average molecular weight is 292 g/mol. The van der Waals surface area contributed by atoms with Crippen LogP contribution in [0.15, 0.2) is 12.2 Å². The standard InChI is InChI=1S/C17H24O4/c1-10(9-20-11(2)18)16(19)21-17(3)14-5-12-4-13(7-14)8-15(17)6-12/h12-15H,1,4-9H2,2-3H3. The van der Waals surface area contributed by atoms with Crippen LogP contribution in [0.3, 0.4) is 0 Å². The van der Waals surface area contributed by atoms with E-state index in [4.69, 9.17) is 9.47 Å². The third-order valence-corrected chi connectivity index (χ3v) is 5.81. The molecule has 116 valence electrons. The molecule has 4 rings (SSSR count). The van der Waals surface area contributed by atoms with Crippen LogP contribution >= 0.6 is 0 Å². The number of carbonyl (C=O) groups is 2. The van der Waals surface area contributed by atoms with Gasteiger partial charge in [-0.1, -0.05) is 6.58 Å². The van der Waals surface area contributed by atoms with E-state index in [1.807, 2.05) is 0 Å². The fourth-order valence-electron chi connectivity index (χ4n) is 4.81. The molecule has 0 atom stereocenters. The minimum Gasteiger partial charge on any atom is -0.461 e. The number of rotatable bonds is 4. The zero-order valence-electron chi connectivity index (χ0n) is 12.9. The van der Waals surface area contributed by atoms with Crippen LogP contribution in [0.4, 0.5) is 0 Å². The maximum atomic E-state index is 12.2. The lowest BCUT2D eigenvalue weighted by Gasteiger charge is -2.59. The summed E-state index contributed by atoms with van der Waals surface area (Å²) in [5, 5.41) is 0. The van der Waals surface area contributed by atoms with E-state index < -0.39 is 11.9 Å². The maximum Gasteiger partial charge on any atom is 0.337 e. The zero-order valence-corrected chi connectivity index (χ0v) is 12.9. The molecule has 0 aromatic carbocycles. The van der Waals surface area contributed by atoms with E-state index >= 15 is 0 Å². The first kappa shape index (κ1) is 14.6. The van der Waals surface area contributed by atoms with Gasteiger partial charge < -0.3 is 9.47 Å². The van der Waals surface area contributed by atoms with Gasteiger partial charge in [0.05, 0.1) is 5.57 Å². The third-order valence-electron chi connectivity index (χ3n) is 5.81. The van der Waals surface area contributed by atoms with E-state index in [1.54, 1.807) is 0 Å². The molecule has 4 fully saturated rings. The summed E-state index contributed by atoms with van der Waals surface area (Å²) < 4.78 is 10.7. The smallest absolute Gasteiger partial charge is 0.337 e. The molecule has 0 heterocycles. The van der Waals surface area contributed by atoms with Crippen molar-refractivity contribution in [3.05, 3.63) is 12.2 Å². The molecule has 0 N–H and O–H groups in total. The Morgan fingerprint density at radius 1 is 1.10 bits per heavy atom. The zero-order chi connectivity index (χ0) is 15.2. The predicted octanol–water partition coefficient (Wildman–Crippen LogP) is 2.86. The molecule has 0 amide bonds. The summed E-state index contributed by atoms with van der Waals surface area (Å²) in [7, 11) is 0. The van der Waals surface area contributed by atoms with Gasteiger partial charge in [0.15, 0.2) is 0 Å². The number of hydrogen-bond acceptors (Lipinski definition) is 4. The topological polar surface area (TPSA) is 52.6 Å². The molecule has 4 aliphatic carbocycles. The summed E-state index contributed by atoms with van der Waals surface area (Å²) in [5.41, 5.74) is -0.135. The van der Waals surface area contributed by atoms with Crippen LogP contribution in [0.2, 0.25) is 0 Å². The molecule has 0 spiro atoms. The monoisotopic (exact) mass is 292 g/mol. The van der Waals surface area contributed by atoms with Gasteiger partial charge in [-0.25, -0.2) is 4.79 Å². The predicted molar refractivity (Wildman–Crippen MR) is 77.3 cm³/mol. The van der Waals surface area contributed by atoms with Crippen LogP contribution in [0.1, 0.15) is 46.0 Å². The Morgan fingerprint density at radius 2 is 1.62 bits per heavy atom. The first-order valence-corrected chi connectivity index (χ1v) is 7.93. The fourth-order valence-corrected chi connectivity index (χ4v) is 4.81. The fraction of sp³-hybridized carbons (Fsp3) is 0.765. The summed E-state index contributed by atoms with van der Waals surface area (Å²) in [6.45, 7) is 7.02. The average Bonchev–Trinajstić information content (AvgIpc) is 2.41. The van der Waals surface area contributed by atoms with Gasteiger partial charge in [-0.2, -0.15) is 0 Å². The van der Waals surface area contributed by atoms with Gasteiger partial charge in [-0.15, -0.1) is 0 Å². The van der Waals surface area contributed by atoms with Crippen molar-refractivity contribution in [3.8, 4) is 0 Å². The van der Waals surface area contributed by atoms with Gasteiger partial charge in [-0.05, 0) is 62.7 Å². The molecule has 21 heavy (non-hydrogen) atoms. The van der Waals surface area contributed by atoms with Crippen molar-refractivity contribution < 1.29 is 19.1 Å². The van der Waals surface area contributed by atoms with Crippen LogP contribution in [-0.2, 0) is 19.1 Å². The Hall–Kier alpha value is -1.32. The van der Waals surface area contributed by atoms with Crippen LogP contribution < -0.4 is 0 Å². The minimum absolute atomic E-state index is 0.0785. The highest BCUT2D eigenvalue weighted by molar-refractivity contribution is 5.88. The van der Waals surface area contributed by atoms with Crippen molar-refractivity contribution in [1.29, 1.82) is 0 Å². The second-order valence-electron chi connectivity index (χ2n) is 7.26. The third kappa shape index (κ3) is 2.60. The molecule has 4 nitrogen and oxygen atoms in total. The summed E-state index contributed by atoms with van der Waals surface area (Å²) in [5.74, 6) is 1.82. The molecule has 4 heteroatoms. The summed E-state index contributed by atoms with van der Waals surface area (Å²) in [6, 6.07) is 0. The number of hydrogen-bond donors (Lipinski definition) is 0. The number of esters is 2. The van der Waals surface area contributed by atoms with Crippen molar-refractivity contribution in [2.24, 2.45) is 23.7 Å². The van der Waals surface area contributed by atoms with Gasteiger partial charge in [0, 0.05) is 6.92 Å². The first-order chi connectivity index (χ1) is 9.88. The van der Waals surface area contributed by atoms with Gasteiger partial charge in [0.2, 0.25) is 0 Å². The molecule has 0 aliphatic heterocycles. The molecule has 0 radical (unpaired) electrons. The molecule has 4 saturated carbocycles. The van der Waals surface area contributed by atoms with Crippen molar-refractivity contribution in [2.45, 2.75) is 51.6 Å². The first-order valence-electron chi connectivity index (χ1n) is 7.93. The number of carbonyl (C=O) groups excluding carboxylic acids is 2. The van der Waals surface area contributed by atoms with Gasteiger partial charge in [0.1, 0.15) is 12.2 Å². The molecule has 0 saturated heterocycles.